The second-order valence-corrected chi connectivity index (χ2v) is 5.04. The Morgan fingerprint density at radius 1 is 1.50 bits per heavy atom. The molecular weight excluding hydrogens is 273 g/mol. The van der Waals surface area contributed by atoms with Gasteiger partial charge in [0.2, 0.25) is 0 Å². The predicted molar refractivity (Wildman–Crippen MR) is 71.4 cm³/mol. The molecule has 1 N–H and O–H groups in total. The van der Waals surface area contributed by atoms with Gasteiger partial charge in [-0.25, -0.2) is 4.39 Å². The first-order valence-electron chi connectivity index (χ1n) is 5.66. The summed E-state index contributed by atoms with van der Waals surface area (Å²) in [5.74, 6) is -0.383. The van der Waals surface area contributed by atoms with E-state index < -0.39 is 0 Å². The van der Waals surface area contributed by atoms with Crippen molar-refractivity contribution in [1.29, 1.82) is 0 Å². The molecule has 2 rings (SSSR count). The first kappa shape index (κ1) is 13.4. The van der Waals surface area contributed by atoms with Crippen LogP contribution < -0.4 is 5.32 Å². The number of halogens is 2. The summed E-state index contributed by atoms with van der Waals surface area (Å²) in [4.78, 5) is 1.03. The maximum Gasteiger partial charge on any atom is 0.142 e. The molecule has 2 aromatic rings. The Morgan fingerprint density at radius 2 is 2.33 bits per heavy atom. The molecule has 0 fully saturated rings. The van der Waals surface area contributed by atoms with Crippen molar-refractivity contribution in [3.05, 3.63) is 45.7 Å². The molecule has 96 valence electrons. The molecule has 1 aromatic heterocycles. The van der Waals surface area contributed by atoms with Gasteiger partial charge in [0.05, 0.1) is 16.1 Å². The molecule has 0 saturated carbocycles. The zero-order valence-corrected chi connectivity index (χ0v) is 11.4. The average molecular weight is 286 g/mol. The van der Waals surface area contributed by atoms with E-state index in [1.807, 2.05) is 13.0 Å². The van der Waals surface area contributed by atoms with Crippen LogP contribution in [0.2, 0.25) is 5.02 Å². The highest BCUT2D eigenvalue weighted by Crippen LogP contribution is 2.26. The van der Waals surface area contributed by atoms with Crippen LogP contribution in [0.15, 0.2) is 24.4 Å². The lowest BCUT2D eigenvalue weighted by atomic mass is 10.0. The minimum atomic E-state index is -0.383. The van der Waals surface area contributed by atoms with Crippen molar-refractivity contribution in [2.75, 3.05) is 6.54 Å². The summed E-state index contributed by atoms with van der Waals surface area (Å²) in [6.07, 6.45) is 2.35. The summed E-state index contributed by atoms with van der Waals surface area (Å²) in [7, 11) is 0. The van der Waals surface area contributed by atoms with E-state index >= 15 is 0 Å². The minimum Gasteiger partial charge on any atom is -0.309 e. The number of aromatic nitrogens is 2. The number of rotatable bonds is 5. The van der Waals surface area contributed by atoms with Crippen molar-refractivity contribution < 1.29 is 4.39 Å². The van der Waals surface area contributed by atoms with Crippen LogP contribution in [0, 0.1) is 5.82 Å². The molecule has 1 heterocycles. The Balaban J connectivity index is 2.21. The highest BCUT2D eigenvalue weighted by atomic mass is 35.5. The molecule has 1 atom stereocenters. The van der Waals surface area contributed by atoms with Crippen LogP contribution in [0.1, 0.15) is 23.4 Å². The number of likely N-dealkylation sites (N-methyl/N-ethyl adjacent to an activating group) is 1. The first-order valence-corrected chi connectivity index (χ1v) is 6.81. The van der Waals surface area contributed by atoms with Crippen molar-refractivity contribution >= 4 is 23.1 Å². The van der Waals surface area contributed by atoms with Crippen LogP contribution in [0.3, 0.4) is 0 Å². The fourth-order valence-corrected chi connectivity index (χ4v) is 2.55. The van der Waals surface area contributed by atoms with Gasteiger partial charge in [0.25, 0.3) is 0 Å². The van der Waals surface area contributed by atoms with Gasteiger partial charge < -0.3 is 5.32 Å². The molecule has 1 aromatic carbocycles. The predicted octanol–water partition coefficient (Wildman–Crippen LogP) is 3.22. The van der Waals surface area contributed by atoms with Gasteiger partial charge in [-0.2, -0.15) is 0 Å². The highest BCUT2D eigenvalue weighted by Gasteiger charge is 2.16. The smallest absolute Gasteiger partial charge is 0.142 e. The molecule has 0 radical (unpaired) electrons. The van der Waals surface area contributed by atoms with Crippen molar-refractivity contribution in [3.63, 3.8) is 0 Å². The Kier molecular flexibility index (Phi) is 4.63. The zero-order valence-electron chi connectivity index (χ0n) is 9.86. The Labute approximate surface area is 114 Å². The van der Waals surface area contributed by atoms with Gasteiger partial charge in [-0.3, -0.25) is 0 Å². The van der Waals surface area contributed by atoms with E-state index in [1.54, 1.807) is 12.3 Å². The molecule has 0 aliphatic heterocycles. The lowest BCUT2D eigenvalue weighted by molar-refractivity contribution is 0.554. The van der Waals surface area contributed by atoms with Gasteiger partial charge in [0.15, 0.2) is 0 Å². The van der Waals surface area contributed by atoms with Crippen LogP contribution >= 0.6 is 23.1 Å². The quantitative estimate of drug-likeness (QED) is 0.916. The molecule has 18 heavy (non-hydrogen) atoms. The molecule has 0 bridgehead atoms. The van der Waals surface area contributed by atoms with Crippen molar-refractivity contribution in [2.45, 2.75) is 19.4 Å². The van der Waals surface area contributed by atoms with Crippen LogP contribution in [0.5, 0.6) is 0 Å². The van der Waals surface area contributed by atoms with E-state index in [9.17, 15) is 4.39 Å². The number of nitrogens with one attached hydrogen (secondary N) is 1. The van der Waals surface area contributed by atoms with Gasteiger partial charge in [0, 0.05) is 6.04 Å². The summed E-state index contributed by atoms with van der Waals surface area (Å²) < 4.78 is 17.2. The lowest BCUT2D eigenvalue weighted by Gasteiger charge is -2.16. The van der Waals surface area contributed by atoms with Crippen molar-refractivity contribution in [1.82, 2.24) is 14.9 Å². The third kappa shape index (κ3) is 3.04. The Morgan fingerprint density at radius 3 is 3.00 bits per heavy atom. The van der Waals surface area contributed by atoms with Gasteiger partial charge in [-0.05, 0) is 36.1 Å². The van der Waals surface area contributed by atoms with Crippen LogP contribution in [0.25, 0.3) is 0 Å². The van der Waals surface area contributed by atoms with Gasteiger partial charge in [0.1, 0.15) is 5.82 Å². The van der Waals surface area contributed by atoms with Crippen LogP contribution in [-0.4, -0.2) is 16.1 Å². The SMILES string of the molecule is CCNC(Cc1cccc(F)c1Cl)c1cnns1. The lowest BCUT2D eigenvalue weighted by Crippen LogP contribution is -2.22. The number of hydrogen-bond acceptors (Lipinski definition) is 4. The van der Waals surface area contributed by atoms with E-state index in [0.29, 0.717) is 6.42 Å². The summed E-state index contributed by atoms with van der Waals surface area (Å²) in [5, 5.41) is 7.35. The van der Waals surface area contributed by atoms with Gasteiger partial charge in [-0.1, -0.05) is 35.1 Å². The standard InChI is InChI=1S/C12H13ClFN3S/c1-2-15-10(11-7-16-17-18-11)6-8-4-3-5-9(14)12(8)13/h3-5,7,10,15H,2,6H2,1H3. The average Bonchev–Trinajstić information content (AvgIpc) is 2.88. The summed E-state index contributed by atoms with van der Waals surface area (Å²) in [6, 6.07) is 4.94. The van der Waals surface area contributed by atoms with Crippen LogP contribution in [0.4, 0.5) is 4.39 Å². The van der Waals surface area contributed by atoms with E-state index in [4.69, 9.17) is 11.6 Å². The molecule has 3 nitrogen and oxygen atoms in total. The molecule has 0 aliphatic carbocycles. The van der Waals surface area contributed by atoms with Gasteiger partial charge in [-0.15, -0.1) is 5.10 Å². The monoisotopic (exact) mass is 285 g/mol. The number of nitrogens with zero attached hydrogens (tertiary/aromatic N) is 2. The van der Waals surface area contributed by atoms with Crippen LogP contribution in [-0.2, 0) is 6.42 Å². The molecule has 0 saturated heterocycles. The topological polar surface area (TPSA) is 37.8 Å². The van der Waals surface area contributed by atoms with Crippen molar-refractivity contribution in [2.24, 2.45) is 0 Å². The summed E-state index contributed by atoms with van der Waals surface area (Å²) in [5.41, 5.74) is 0.788. The van der Waals surface area contributed by atoms with E-state index in [-0.39, 0.29) is 16.9 Å². The first-order chi connectivity index (χ1) is 8.72. The second-order valence-electron chi connectivity index (χ2n) is 3.85. The van der Waals surface area contributed by atoms with E-state index in [1.165, 1.54) is 17.6 Å². The third-order valence-electron chi connectivity index (χ3n) is 2.63. The molecule has 6 heteroatoms. The highest BCUT2D eigenvalue weighted by molar-refractivity contribution is 7.05. The third-order valence-corrected chi connectivity index (χ3v) is 3.83. The molecular formula is C12H13ClFN3S. The largest absolute Gasteiger partial charge is 0.309 e. The zero-order chi connectivity index (χ0) is 13.0. The second kappa shape index (κ2) is 6.22. The fourth-order valence-electron chi connectivity index (χ4n) is 1.77. The molecule has 0 aliphatic rings. The maximum atomic E-state index is 13.4. The Hall–Kier alpha value is -1.04. The summed E-state index contributed by atoms with van der Waals surface area (Å²) >= 11 is 7.31. The number of benzene rings is 1. The maximum absolute atomic E-state index is 13.4. The molecule has 0 spiro atoms. The molecule has 1 unspecified atom stereocenters. The Bertz CT molecular complexity index is 504. The summed E-state index contributed by atoms with van der Waals surface area (Å²) in [6.45, 7) is 2.84. The molecule has 0 amide bonds. The van der Waals surface area contributed by atoms with Gasteiger partial charge >= 0.3 is 0 Å². The van der Waals surface area contributed by atoms with E-state index in [2.05, 4.69) is 14.9 Å². The van der Waals surface area contributed by atoms with E-state index in [0.717, 1.165) is 17.0 Å². The fraction of sp³-hybridized carbons (Fsp3) is 0.333. The number of hydrogen-bond donors (Lipinski definition) is 1. The minimum absolute atomic E-state index is 0.0642. The normalized spacial score (nSPS) is 12.6. The van der Waals surface area contributed by atoms with Crippen molar-refractivity contribution in [3.8, 4) is 0 Å².